The zero-order valence-corrected chi connectivity index (χ0v) is 10.1. The molecular formula is C15H19NO. The van der Waals surface area contributed by atoms with Gasteiger partial charge < -0.3 is 5.21 Å². The molecule has 0 aromatic heterocycles. The summed E-state index contributed by atoms with van der Waals surface area (Å²) < 4.78 is 0. The van der Waals surface area contributed by atoms with Crippen molar-refractivity contribution in [3.05, 3.63) is 35.9 Å². The van der Waals surface area contributed by atoms with E-state index in [2.05, 4.69) is 35.5 Å². The van der Waals surface area contributed by atoms with E-state index in [9.17, 15) is 0 Å². The maximum absolute atomic E-state index is 9.05. The molecule has 3 rings (SSSR count). The molecule has 2 atom stereocenters. The fourth-order valence-corrected chi connectivity index (χ4v) is 3.78. The van der Waals surface area contributed by atoms with Crippen LogP contribution in [0.1, 0.15) is 44.1 Å². The van der Waals surface area contributed by atoms with E-state index in [4.69, 9.17) is 5.21 Å². The number of hydrogen-bond donors (Lipinski definition) is 1. The fraction of sp³-hybridized carbons (Fsp3) is 0.533. The normalized spacial score (nSPS) is 34.8. The van der Waals surface area contributed by atoms with Crippen LogP contribution in [0.15, 0.2) is 35.5 Å². The second kappa shape index (κ2) is 4.17. The Morgan fingerprint density at radius 3 is 2.76 bits per heavy atom. The van der Waals surface area contributed by atoms with Crippen LogP contribution in [0.25, 0.3) is 0 Å². The maximum Gasteiger partial charge on any atom is 0.0602 e. The summed E-state index contributed by atoms with van der Waals surface area (Å²) in [5.41, 5.74) is 2.89. The van der Waals surface area contributed by atoms with Gasteiger partial charge in [-0.1, -0.05) is 41.9 Å². The summed E-state index contributed by atoms with van der Waals surface area (Å²) in [6.45, 7) is 0. The zero-order valence-electron chi connectivity index (χ0n) is 10.1. The first-order chi connectivity index (χ1) is 8.34. The molecule has 0 radical (unpaired) electrons. The van der Waals surface area contributed by atoms with E-state index in [1.54, 1.807) is 0 Å². The van der Waals surface area contributed by atoms with Crippen LogP contribution in [-0.4, -0.2) is 10.9 Å². The highest BCUT2D eigenvalue weighted by atomic mass is 16.4. The van der Waals surface area contributed by atoms with E-state index < -0.39 is 0 Å². The van der Waals surface area contributed by atoms with Crippen LogP contribution in [0.5, 0.6) is 0 Å². The lowest BCUT2D eigenvalue weighted by atomic mass is 9.58. The van der Waals surface area contributed by atoms with Crippen molar-refractivity contribution >= 4 is 5.71 Å². The molecule has 0 aliphatic heterocycles. The second-order valence-corrected chi connectivity index (χ2v) is 5.53. The van der Waals surface area contributed by atoms with Gasteiger partial charge in [0.2, 0.25) is 0 Å². The third kappa shape index (κ3) is 1.76. The largest absolute Gasteiger partial charge is 0.411 e. The first-order valence-electron chi connectivity index (χ1n) is 6.60. The Morgan fingerprint density at radius 2 is 2.00 bits per heavy atom. The quantitative estimate of drug-likeness (QED) is 0.577. The Bertz CT molecular complexity index is 426. The Hall–Kier alpha value is -1.31. The fourth-order valence-electron chi connectivity index (χ4n) is 3.78. The van der Waals surface area contributed by atoms with Gasteiger partial charge >= 0.3 is 0 Å². The van der Waals surface area contributed by atoms with E-state index in [-0.39, 0.29) is 0 Å². The summed E-state index contributed by atoms with van der Waals surface area (Å²) in [4.78, 5) is 0. The Morgan fingerprint density at radius 1 is 1.18 bits per heavy atom. The Balaban J connectivity index is 1.94. The zero-order chi connectivity index (χ0) is 11.7. The van der Waals surface area contributed by atoms with Crippen molar-refractivity contribution < 1.29 is 5.21 Å². The predicted octanol–water partition coefficient (Wildman–Crippen LogP) is 3.74. The van der Waals surface area contributed by atoms with Crippen LogP contribution in [0, 0.1) is 5.92 Å². The van der Waals surface area contributed by atoms with Crippen molar-refractivity contribution in [2.24, 2.45) is 11.1 Å². The molecule has 2 unspecified atom stereocenters. The number of fused-ring (bicyclic) bond motifs is 2. The molecule has 2 fully saturated rings. The van der Waals surface area contributed by atoms with Gasteiger partial charge in [-0.05, 0) is 43.1 Å². The molecule has 2 bridgehead atoms. The Kier molecular flexibility index (Phi) is 2.65. The number of hydrogen-bond acceptors (Lipinski definition) is 2. The van der Waals surface area contributed by atoms with E-state index in [0.717, 1.165) is 18.6 Å². The van der Waals surface area contributed by atoms with Crippen LogP contribution in [-0.2, 0) is 5.41 Å². The molecule has 0 heterocycles. The van der Waals surface area contributed by atoms with Gasteiger partial charge in [0.1, 0.15) is 0 Å². The second-order valence-electron chi connectivity index (χ2n) is 5.53. The summed E-state index contributed by atoms with van der Waals surface area (Å²) in [7, 11) is 0. The van der Waals surface area contributed by atoms with Gasteiger partial charge in [0.15, 0.2) is 0 Å². The van der Waals surface area contributed by atoms with E-state index in [1.165, 1.54) is 31.2 Å². The lowest BCUT2D eigenvalue weighted by Crippen LogP contribution is -2.41. The average molecular weight is 229 g/mol. The molecule has 2 nitrogen and oxygen atoms in total. The molecule has 0 spiro atoms. The minimum atomic E-state index is 0.359. The molecule has 2 heteroatoms. The van der Waals surface area contributed by atoms with Crippen molar-refractivity contribution in [3.63, 3.8) is 0 Å². The van der Waals surface area contributed by atoms with Crippen LogP contribution in [0.4, 0.5) is 0 Å². The van der Waals surface area contributed by atoms with Crippen molar-refractivity contribution in [1.29, 1.82) is 0 Å². The highest BCUT2D eigenvalue weighted by Crippen LogP contribution is 2.49. The molecule has 1 aromatic carbocycles. The Labute approximate surface area is 102 Å². The number of benzene rings is 1. The first-order valence-corrected chi connectivity index (χ1v) is 6.60. The molecule has 1 aromatic rings. The minimum Gasteiger partial charge on any atom is -0.411 e. The van der Waals surface area contributed by atoms with Gasteiger partial charge in [0.05, 0.1) is 5.71 Å². The third-order valence-corrected chi connectivity index (χ3v) is 4.69. The van der Waals surface area contributed by atoms with E-state index in [1.807, 2.05) is 0 Å². The third-order valence-electron chi connectivity index (χ3n) is 4.69. The predicted molar refractivity (Wildman–Crippen MR) is 68.5 cm³/mol. The number of nitrogens with zero attached hydrogens (tertiary/aromatic N) is 1. The standard InChI is InChI=1S/C15H19NO/c17-16-14-8-10-15(9-4-5-12(14)11-15)13-6-2-1-3-7-13/h1-3,6-7,12,17H,4-5,8-11H2. The summed E-state index contributed by atoms with van der Waals surface area (Å²) in [6.07, 6.45) is 7.05. The minimum absolute atomic E-state index is 0.359. The molecular weight excluding hydrogens is 210 g/mol. The molecule has 0 amide bonds. The lowest BCUT2D eigenvalue weighted by Gasteiger charge is -2.46. The highest BCUT2D eigenvalue weighted by Gasteiger charge is 2.43. The summed E-state index contributed by atoms with van der Waals surface area (Å²) >= 11 is 0. The molecule has 17 heavy (non-hydrogen) atoms. The van der Waals surface area contributed by atoms with Gasteiger partial charge in [0.25, 0.3) is 0 Å². The number of rotatable bonds is 1. The van der Waals surface area contributed by atoms with E-state index >= 15 is 0 Å². The van der Waals surface area contributed by atoms with Gasteiger partial charge in [-0.3, -0.25) is 0 Å². The maximum atomic E-state index is 9.05. The summed E-state index contributed by atoms with van der Waals surface area (Å²) in [5, 5.41) is 12.6. The van der Waals surface area contributed by atoms with Crippen molar-refractivity contribution in [1.82, 2.24) is 0 Å². The van der Waals surface area contributed by atoms with Crippen molar-refractivity contribution in [2.45, 2.75) is 43.9 Å². The summed E-state index contributed by atoms with van der Waals surface area (Å²) in [6, 6.07) is 10.9. The van der Waals surface area contributed by atoms with Gasteiger partial charge in [0, 0.05) is 5.92 Å². The van der Waals surface area contributed by atoms with E-state index in [0.29, 0.717) is 11.3 Å². The molecule has 1 N–H and O–H groups in total. The van der Waals surface area contributed by atoms with Gasteiger partial charge in [-0.2, -0.15) is 0 Å². The molecule has 0 saturated heterocycles. The van der Waals surface area contributed by atoms with Crippen LogP contribution < -0.4 is 0 Å². The average Bonchev–Trinajstić information content (AvgIpc) is 2.40. The topological polar surface area (TPSA) is 32.6 Å². The van der Waals surface area contributed by atoms with Gasteiger partial charge in [-0.15, -0.1) is 0 Å². The van der Waals surface area contributed by atoms with Crippen molar-refractivity contribution in [3.8, 4) is 0 Å². The molecule has 2 aliphatic carbocycles. The first kappa shape index (κ1) is 10.8. The monoisotopic (exact) mass is 229 g/mol. The van der Waals surface area contributed by atoms with Crippen LogP contribution in [0.3, 0.4) is 0 Å². The lowest BCUT2D eigenvalue weighted by molar-refractivity contribution is 0.214. The van der Waals surface area contributed by atoms with Crippen LogP contribution in [0.2, 0.25) is 0 Å². The molecule has 90 valence electrons. The highest BCUT2D eigenvalue weighted by molar-refractivity contribution is 5.87. The number of oxime groups is 1. The van der Waals surface area contributed by atoms with Crippen molar-refractivity contribution in [2.75, 3.05) is 0 Å². The SMILES string of the molecule is ON=C1CCC2(c3ccccc3)CCCC1C2. The van der Waals surface area contributed by atoms with Gasteiger partial charge in [-0.25, -0.2) is 0 Å². The molecule has 2 aliphatic rings. The van der Waals surface area contributed by atoms with Crippen LogP contribution >= 0.6 is 0 Å². The molecule has 2 saturated carbocycles. The summed E-state index contributed by atoms with van der Waals surface area (Å²) in [5.74, 6) is 0.516. The smallest absolute Gasteiger partial charge is 0.0602 e.